The van der Waals surface area contributed by atoms with E-state index in [4.69, 9.17) is 9.84 Å². The highest BCUT2D eigenvalue weighted by Gasteiger charge is 2.11. The predicted molar refractivity (Wildman–Crippen MR) is 115 cm³/mol. The monoisotopic (exact) mass is 384 g/mol. The Morgan fingerprint density at radius 1 is 0.897 bits per heavy atom. The van der Waals surface area contributed by atoms with Gasteiger partial charge in [-0.3, -0.25) is 9.67 Å². The maximum absolute atomic E-state index is 5.75. The zero-order chi connectivity index (χ0) is 19.7. The minimum Gasteiger partial charge on any atom is -0.492 e. The third kappa shape index (κ3) is 5.30. The van der Waals surface area contributed by atoms with E-state index in [2.05, 4.69) is 40.8 Å². The van der Waals surface area contributed by atoms with Crippen LogP contribution in [-0.4, -0.2) is 27.9 Å². The van der Waals surface area contributed by atoms with E-state index in [1.54, 1.807) is 6.20 Å². The molecular formula is C24H24N4O. The molecule has 0 aliphatic carbocycles. The summed E-state index contributed by atoms with van der Waals surface area (Å²) in [6.45, 7) is 2.83. The average molecular weight is 384 g/mol. The van der Waals surface area contributed by atoms with Crippen molar-refractivity contribution in [3.63, 3.8) is 0 Å². The Kier molecular flexibility index (Phi) is 6.30. The van der Waals surface area contributed by atoms with Gasteiger partial charge in [0.1, 0.15) is 12.4 Å². The van der Waals surface area contributed by atoms with Gasteiger partial charge in [0.05, 0.1) is 12.2 Å². The quantitative estimate of drug-likeness (QED) is 0.440. The van der Waals surface area contributed by atoms with Gasteiger partial charge in [-0.15, -0.1) is 0 Å². The van der Waals surface area contributed by atoms with Crippen molar-refractivity contribution in [2.75, 3.05) is 13.2 Å². The maximum Gasteiger partial charge on any atom is 0.119 e. The largest absolute Gasteiger partial charge is 0.492 e. The Balaban J connectivity index is 1.41. The topological polar surface area (TPSA) is 52.0 Å². The summed E-state index contributed by atoms with van der Waals surface area (Å²) >= 11 is 0. The number of ether oxygens (including phenoxy) is 1. The number of benzene rings is 2. The van der Waals surface area contributed by atoms with E-state index in [0.717, 1.165) is 42.2 Å². The molecule has 0 aliphatic heterocycles. The number of hydrogen-bond donors (Lipinski definition) is 1. The number of rotatable bonds is 9. The summed E-state index contributed by atoms with van der Waals surface area (Å²) in [5.74, 6) is 0.890. The molecule has 0 saturated carbocycles. The molecular weight excluding hydrogens is 360 g/mol. The molecule has 4 rings (SSSR count). The molecule has 5 nitrogen and oxygen atoms in total. The summed E-state index contributed by atoms with van der Waals surface area (Å²) < 4.78 is 7.74. The molecule has 0 spiro atoms. The second kappa shape index (κ2) is 9.66. The molecule has 4 aromatic rings. The van der Waals surface area contributed by atoms with Crippen molar-refractivity contribution in [2.45, 2.75) is 13.1 Å². The molecule has 0 unspecified atom stereocenters. The van der Waals surface area contributed by atoms with E-state index in [9.17, 15) is 0 Å². The lowest BCUT2D eigenvalue weighted by atomic mass is 10.1. The second-order valence-corrected chi connectivity index (χ2v) is 6.77. The van der Waals surface area contributed by atoms with Crippen LogP contribution in [0.2, 0.25) is 0 Å². The Labute approximate surface area is 171 Å². The fourth-order valence-corrected chi connectivity index (χ4v) is 3.17. The number of para-hydroxylation sites is 1. The first-order valence-corrected chi connectivity index (χ1v) is 9.78. The van der Waals surface area contributed by atoms with Gasteiger partial charge in [-0.1, -0.05) is 48.5 Å². The molecule has 0 bridgehead atoms. The highest BCUT2D eigenvalue weighted by atomic mass is 16.5. The molecule has 29 heavy (non-hydrogen) atoms. The lowest BCUT2D eigenvalue weighted by Crippen LogP contribution is -2.20. The van der Waals surface area contributed by atoms with E-state index in [1.165, 1.54) is 5.56 Å². The first-order chi connectivity index (χ1) is 14.4. The van der Waals surface area contributed by atoms with E-state index in [0.29, 0.717) is 6.61 Å². The second-order valence-electron chi connectivity index (χ2n) is 6.77. The molecule has 2 aromatic heterocycles. The van der Waals surface area contributed by atoms with E-state index < -0.39 is 0 Å². The van der Waals surface area contributed by atoms with Crippen LogP contribution in [0.3, 0.4) is 0 Å². The van der Waals surface area contributed by atoms with Crippen LogP contribution < -0.4 is 10.1 Å². The molecule has 0 fully saturated rings. The maximum atomic E-state index is 5.75. The predicted octanol–water partition coefficient (Wildman–Crippen LogP) is 4.16. The first-order valence-electron chi connectivity index (χ1n) is 9.78. The molecule has 2 aromatic carbocycles. The number of aromatic nitrogens is 3. The summed E-state index contributed by atoms with van der Waals surface area (Å²) in [4.78, 5) is 4.25. The standard InChI is InChI=1S/C24H24N4O/c1-3-8-20(9-4-1)18-28-19-22(24(27-28)21-10-7-13-25-16-21)17-26-14-15-29-23-11-5-2-6-12-23/h1-13,16,19,26H,14-15,17-18H2. The summed E-state index contributed by atoms with van der Waals surface area (Å²) in [5, 5.41) is 8.29. The molecule has 2 heterocycles. The normalized spacial score (nSPS) is 10.8. The van der Waals surface area contributed by atoms with Gasteiger partial charge < -0.3 is 10.1 Å². The van der Waals surface area contributed by atoms with Crippen molar-refractivity contribution < 1.29 is 4.74 Å². The van der Waals surface area contributed by atoms with Gasteiger partial charge in [0.2, 0.25) is 0 Å². The Morgan fingerprint density at radius 3 is 2.45 bits per heavy atom. The summed E-state index contributed by atoms with van der Waals surface area (Å²) in [5.41, 5.74) is 4.36. The molecule has 5 heteroatoms. The first kappa shape index (κ1) is 18.9. The van der Waals surface area contributed by atoms with Gasteiger partial charge >= 0.3 is 0 Å². The van der Waals surface area contributed by atoms with Crippen LogP contribution in [0.25, 0.3) is 11.3 Å². The molecule has 0 aliphatic rings. The summed E-state index contributed by atoms with van der Waals surface area (Å²) in [6.07, 6.45) is 5.75. The minimum absolute atomic E-state index is 0.615. The highest BCUT2D eigenvalue weighted by molar-refractivity contribution is 5.61. The number of nitrogens with zero attached hydrogens (tertiary/aromatic N) is 3. The molecule has 0 amide bonds. The molecule has 1 N–H and O–H groups in total. The SMILES string of the molecule is c1ccc(Cn2cc(CNCCOc3ccccc3)c(-c3cccnc3)n2)cc1. The third-order valence-electron chi connectivity index (χ3n) is 4.57. The fourth-order valence-electron chi connectivity index (χ4n) is 3.17. The van der Waals surface area contributed by atoms with Gasteiger partial charge in [0, 0.05) is 42.8 Å². The Bertz CT molecular complexity index is 1000. The number of hydrogen-bond acceptors (Lipinski definition) is 4. The van der Waals surface area contributed by atoms with Crippen LogP contribution >= 0.6 is 0 Å². The Morgan fingerprint density at radius 2 is 1.69 bits per heavy atom. The van der Waals surface area contributed by atoms with Crippen LogP contribution in [0, 0.1) is 0 Å². The molecule has 146 valence electrons. The van der Waals surface area contributed by atoms with Crippen molar-refractivity contribution >= 4 is 0 Å². The highest BCUT2D eigenvalue weighted by Crippen LogP contribution is 2.21. The number of pyridine rings is 1. The van der Waals surface area contributed by atoms with E-state index >= 15 is 0 Å². The van der Waals surface area contributed by atoms with Gasteiger partial charge in [-0.05, 0) is 29.8 Å². The third-order valence-corrected chi connectivity index (χ3v) is 4.57. The van der Waals surface area contributed by atoms with Crippen LogP contribution in [0.4, 0.5) is 0 Å². The summed E-state index contributed by atoms with van der Waals surface area (Å²) in [6, 6.07) is 24.2. The molecule has 0 radical (unpaired) electrons. The van der Waals surface area contributed by atoms with Crippen LogP contribution in [0.5, 0.6) is 5.75 Å². The zero-order valence-corrected chi connectivity index (χ0v) is 16.2. The molecule has 0 saturated heterocycles. The average Bonchev–Trinajstić information content (AvgIpc) is 3.18. The lowest BCUT2D eigenvalue weighted by Gasteiger charge is -2.07. The van der Waals surface area contributed by atoms with Gasteiger partial charge in [-0.2, -0.15) is 5.10 Å². The van der Waals surface area contributed by atoms with Crippen molar-refractivity contribution in [3.05, 3.63) is 103 Å². The van der Waals surface area contributed by atoms with Gasteiger partial charge in [0.25, 0.3) is 0 Å². The van der Waals surface area contributed by atoms with Crippen molar-refractivity contribution in [1.29, 1.82) is 0 Å². The van der Waals surface area contributed by atoms with Crippen molar-refractivity contribution in [3.8, 4) is 17.0 Å². The van der Waals surface area contributed by atoms with E-state index in [-0.39, 0.29) is 0 Å². The van der Waals surface area contributed by atoms with Gasteiger partial charge in [0.15, 0.2) is 0 Å². The fraction of sp³-hybridized carbons (Fsp3) is 0.167. The zero-order valence-electron chi connectivity index (χ0n) is 16.2. The smallest absolute Gasteiger partial charge is 0.119 e. The van der Waals surface area contributed by atoms with Crippen molar-refractivity contribution in [2.24, 2.45) is 0 Å². The summed E-state index contributed by atoms with van der Waals surface area (Å²) in [7, 11) is 0. The van der Waals surface area contributed by atoms with E-state index in [1.807, 2.05) is 59.4 Å². The minimum atomic E-state index is 0.615. The Hall–Kier alpha value is -3.44. The molecule has 0 atom stereocenters. The van der Waals surface area contributed by atoms with Gasteiger partial charge in [-0.25, -0.2) is 0 Å². The van der Waals surface area contributed by atoms with Crippen LogP contribution in [0.15, 0.2) is 91.4 Å². The van der Waals surface area contributed by atoms with Crippen LogP contribution in [0.1, 0.15) is 11.1 Å². The van der Waals surface area contributed by atoms with Crippen molar-refractivity contribution in [1.82, 2.24) is 20.1 Å². The lowest BCUT2D eigenvalue weighted by molar-refractivity contribution is 0.313. The van der Waals surface area contributed by atoms with Crippen LogP contribution in [-0.2, 0) is 13.1 Å². The number of nitrogens with one attached hydrogen (secondary N) is 1.